The minimum absolute atomic E-state index is 0.228. The topological polar surface area (TPSA) is 62.8 Å². The lowest BCUT2D eigenvalue weighted by molar-refractivity contribution is 0.0331. The van der Waals surface area contributed by atoms with E-state index < -0.39 is 0 Å². The van der Waals surface area contributed by atoms with Gasteiger partial charge in [-0.05, 0) is 51.4 Å². The summed E-state index contributed by atoms with van der Waals surface area (Å²) in [5.74, 6) is 2.78. The van der Waals surface area contributed by atoms with E-state index in [-0.39, 0.29) is 6.04 Å². The van der Waals surface area contributed by atoms with Gasteiger partial charge in [-0.3, -0.25) is 9.80 Å². The number of aryl methyl sites for hydroxylation is 2. The van der Waals surface area contributed by atoms with Crippen LogP contribution in [0.5, 0.6) is 5.75 Å². The first kappa shape index (κ1) is 23.5. The van der Waals surface area contributed by atoms with Crippen molar-refractivity contribution in [2.45, 2.75) is 39.3 Å². The Morgan fingerprint density at radius 3 is 2.62 bits per heavy atom. The highest BCUT2D eigenvalue weighted by Gasteiger charge is 2.27. The fraction of sp³-hybridized carbons (Fsp3) is 0.538. The SMILES string of the molecule is COc1ccccc1C(CNc1nc(CN2CCOCC2)nc2sc(C)c(C)c12)N1CCCC1. The summed E-state index contributed by atoms with van der Waals surface area (Å²) >= 11 is 1.77. The molecular weight excluding hydrogens is 446 g/mol. The Morgan fingerprint density at radius 2 is 1.85 bits per heavy atom. The van der Waals surface area contributed by atoms with Gasteiger partial charge < -0.3 is 14.8 Å². The van der Waals surface area contributed by atoms with Crippen LogP contribution in [-0.2, 0) is 11.3 Å². The Hall–Kier alpha value is -2.26. The minimum Gasteiger partial charge on any atom is -0.496 e. The Labute approximate surface area is 206 Å². The summed E-state index contributed by atoms with van der Waals surface area (Å²) in [7, 11) is 1.76. The van der Waals surface area contributed by atoms with Crippen LogP contribution < -0.4 is 10.1 Å². The number of morpholine rings is 1. The molecule has 0 amide bonds. The second kappa shape index (κ2) is 10.6. The molecule has 7 nitrogen and oxygen atoms in total. The van der Waals surface area contributed by atoms with Crippen LogP contribution in [0, 0.1) is 13.8 Å². The summed E-state index contributed by atoms with van der Waals surface area (Å²) < 4.78 is 11.3. The number of anilines is 1. The van der Waals surface area contributed by atoms with Gasteiger partial charge in [0.2, 0.25) is 0 Å². The second-order valence-corrected chi connectivity index (χ2v) is 10.4. The monoisotopic (exact) mass is 481 g/mol. The summed E-state index contributed by atoms with van der Waals surface area (Å²) in [6.07, 6.45) is 2.49. The Balaban J connectivity index is 1.45. The highest BCUT2D eigenvalue weighted by atomic mass is 32.1. The average molecular weight is 482 g/mol. The first-order chi connectivity index (χ1) is 16.6. The van der Waals surface area contributed by atoms with Crippen LogP contribution in [0.1, 0.15) is 40.7 Å². The van der Waals surface area contributed by atoms with E-state index >= 15 is 0 Å². The van der Waals surface area contributed by atoms with Crippen molar-refractivity contribution >= 4 is 27.4 Å². The van der Waals surface area contributed by atoms with Gasteiger partial charge in [-0.2, -0.15) is 0 Å². The van der Waals surface area contributed by atoms with E-state index in [2.05, 4.69) is 47.2 Å². The van der Waals surface area contributed by atoms with Crippen molar-refractivity contribution < 1.29 is 9.47 Å². The Kier molecular flexibility index (Phi) is 7.29. The van der Waals surface area contributed by atoms with Crippen LogP contribution in [0.25, 0.3) is 10.2 Å². The molecule has 0 aliphatic carbocycles. The van der Waals surface area contributed by atoms with E-state index in [4.69, 9.17) is 19.4 Å². The van der Waals surface area contributed by atoms with Crippen molar-refractivity contribution in [1.29, 1.82) is 0 Å². The van der Waals surface area contributed by atoms with E-state index in [0.717, 1.165) is 80.1 Å². The molecule has 5 rings (SSSR count). The van der Waals surface area contributed by atoms with Gasteiger partial charge >= 0.3 is 0 Å². The highest BCUT2D eigenvalue weighted by Crippen LogP contribution is 2.36. The molecule has 2 aliphatic heterocycles. The van der Waals surface area contributed by atoms with Gasteiger partial charge in [0.1, 0.15) is 22.2 Å². The second-order valence-electron chi connectivity index (χ2n) is 9.22. The molecule has 8 heteroatoms. The fourth-order valence-electron chi connectivity index (χ4n) is 5.08. The van der Waals surface area contributed by atoms with Gasteiger partial charge in [0, 0.05) is 30.1 Å². The predicted molar refractivity (Wildman–Crippen MR) is 138 cm³/mol. The summed E-state index contributed by atoms with van der Waals surface area (Å²) in [5, 5.41) is 4.92. The molecule has 1 aromatic carbocycles. The van der Waals surface area contributed by atoms with Crippen molar-refractivity contribution in [2.24, 2.45) is 0 Å². The quantitative estimate of drug-likeness (QED) is 0.512. The Bertz CT molecular complexity index is 1120. The maximum atomic E-state index is 5.74. The van der Waals surface area contributed by atoms with E-state index in [9.17, 15) is 0 Å². The van der Waals surface area contributed by atoms with Gasteiger partial charge in [-0.1, -0.05) is 18.2 Å². The molecule has 2 fully saturated rings. The maximum Gasteiger partial charge on any atom is 0.146 e. The first-order valence-corrected chi connectivity index (χ1v) is 13.1. The number of para-hydroxylation sites is 1. The molecule has 34 heavy (non-hydrogen) atoms. The molecule has 0 radical (unpaired) electrons. The third-order valence-corrected chi connectivity index (χ3v) is 8.19. The van der Waals surface area contributed by atoms with Crippen molar-refractivity contribution in [1.82, 2.24) is 19.8 Å². The zero-order chi connectivity index (χ0) is 23.5. The molecule has 0 spiro atoms. The lowest BCUT2D eigenvalue weighted by Gasteiger charge is -2.30. The smallest absolute Gasteiger partial charge is 0.146 e. The van der Waals surface area contributed by atoms with Gasteiger partial charge in [-0.15, -0.1) is 11.3 Å². The standard InChI is InChI=1S/C26H35N5O2S/c1-18-19(2)34-26-24(18)25(28-23(29-26)17-30-12-14-33-15-13-30)27-16-21(31-10-6-7-11-31)20-8-4-5-9-22(20)32-3/h4-5,8-9,21H,6-7,10-17H2,1-3H3,(H,27,28,29). The van der Waals surface area contributed by atoms with Gasteiger partial charge in [-0.25, -0.2) is 9.97 Å². The number of nitrogens with one attached hydrogen (secondary N) is 1. The normalized spacial score (nSPS) is 18.4. The number of aromatic nitrogens is 2. The maximum absolute atomic E-state index is 5.74. The van der Waals surface area contributed by atoms with Crippen molar-refractivity contribution in [3.8, 4) is 5.75 Å². The molecule has 3 aromatic rings. The van der Waals surface area contributed by atoms with Crippen molar-refractivity contribution in [2.75, 3.05) is 58.4 Å². The fourth-order valence-corrected chi connectivity index (χ4v) is 6.12. The number of rotatable bonds is 8. The third-order valence-electron chi connectivity index (χ3n) is 7.09. The molecule has 2 aliphatic rings. The zero-order valence-electron chi connectivity index (χ0n) is 20.5. The molecule has 182 valence electrons. The molecule has 2 aromatic heterocycles. The number of methoxy groups -OCH3 is 1. The highest BCUT2D eigenvalue weighted by molar-refractivity contribution is 7.18. The van der Waals surface area contributed by atoms with Crippen LogP contribution in [0.15, 0.2) is 24.3 Å². The summed E-state index contributed by atoms with van der Waals surface area (Å²) in [6, 6.07) is 8.64. The molecule has 2 saturated heterocycles. The molecular formula is C26H35N5O2S. The largest absolute Gasteiger partial charge is 0.496 e. The summed E-state index contributed by atoms with van der Waals surface area (Å²) in [5.41, 5.74) is 2.51. The number of ether oxygens (including phenoxy) is 2. The predicted octanol–water partition coefficient (Wildman–Crippen LogP) is 4.40. The van der Waals surface area contributed by atoms with E-state index in [1.54, 1.807) is 18.4 Å². The number of likely N-dealkylation sites (tertiary alicyclic amines) is 1. The van der Waals surface area contributed by atoms with Crippen LogP contribution in [-0.4, -0.2) is 72.8 Å². The van der Waals surface area contributed by atoms with Gasteiger partial charge in [0.05, 0.1) is 38.3 Å². The van der Waals surface area contributed by atoms with Gasteiger partial charge in [0.25, 0.3) is 0 Å². The molecule has 0 bridgehead atoms. The van der Waals surface area contributed by atoms with Crippen LogP contribution in [0.4, 0.5) is 5.82 Å². The third kappa shape index (κ3) is 4.91. The number of benzene rings is 1. The van der Waals surface area contributed by atoms with Crippen LogP contribution in [0.3, 0.4) is 0 Å². The van der Waals surface area contributed by atoms with E-state index in [1.807, 2.05) is 6.07 Å². The molecule has 4 heterocycles. The summed E-state index contributed by atoms with van der Waals surface area (Å²) in [6.45, 7) is 11.5. The van der Waals surface area contributed by atoms with E-state index in [0.29, 0.717) is 0 Å². The number of thiophene rings is 1. The lowest BCUT2D eigenvalue weighted by Crippen LogP contribution is -2.36. The number of fused-ring (bicyclic) bond motifs is 1. The number of hydrogen-bond acceptors (Lipinski definition) is 8. The van der Waals surface area contributed by atoms with E-state index in [1.165, 1.54) is 28.8 Å². The van der Waals surface area contributed by atoms with Gasteiger partial charge in [0.15, 0.2) is 0 Å². The lowest BCUT2D eigenvalue weighted by atomic mass is 10.0. The average Bonchev–Trinajstić information content (AvgIpc) is 3.48. The molecule has 1 N–H and O–H groups in total. The molecule has 1 unspecified atom stereocenters. The van der Waals surface area contributed by atoms with Crippen LogP contribution >= 0.6 is 11.3 Å². The molecule has 1 atom stereocenters. The number of hydrogen-bond donors (Lipinski definition) is 1. The van der Waals surface area contributed by atoms with Crippen LogP contribution in [0.2, 0.25) is 0 Å². The first-order valence-electron chi connectivity index (χ1n) is 12.3. The van der Waals surface area contributed by atoms with Crippen molar-refractivity contribution in [3.63, 3.8) is 0 Å². The Morgan fingerprint density at radius 1 is 1.09 bits per heavy atom. The number of nitrogens with zero attached hydrogens (tertiary/aromatic N) is 4. The minimum atomic E-state index is 0.228. The molecule has 0 saturated carbocycles. The summed E-state index contributed by atoms with van der Waals surface area (Å²) in [4.78, 5) is 17.3. The zero-order valence-corrected chi connectivity index (χ0v) is 21.3. The van der Waals surface area contributed by atoms with Crippen molar-refractivity contribution in [3.05, 3.63) is 46.1 Å².